The molecule has 6 heteroatoms. The van der Waals surface area contributed by atoms with Gasteiger partial charge in [-0.25, -0.2) is 0 Å². The molecule has 1 rings (SSSR count). The summed E-state index contributed by atoms with van der Waals surface area (Å²) >= 11 is 4.86. The van der Waals surface area contributed by atoms with Crippen molar-refractivity contribution in [3.8, 4) is 0 Å². The Morgan fingerprint density at radius 1 is 1.67 bits per heavy atom. The van der Waals surface area contributed by atoms with Crippen LogP contribution in [0.1, 0.15) is 6.42 Å². The molecule has 15 heavy (non-hydrogen) atoms. The second-order valence-corrected chi connectivity index (χ2v) is 4.67. The number of nitrogens with zero attached hydrogens (tertiary/aromatic N) is 1. The molecule has 0 saturated heterocycles. The smallest absolute Gasteiger partial charge is 0.306 e. The molecule has 0 atom stereocenters. The predicted octanol–water partition coefficient (Wildman–Crippen LogP) is 2.08. The summed E-state index contributed by atoms with van der Waals surface area (Å²) in [6.07, 6.45) is 3.64. The summed E-state index contributed by atoms with van der Waals surface area (Å²) in [7, 11) is 1.38. The van der Waals surface area contributed by atoms with Crippen molar-refractivity contribution in [3.63, 3.8) is 0 Å². The highest BCUT2D eigenvalue weighted by molar-refractivity contribution is 9.10. The summed E-state index contributed by atoms with van der Waals surface area (Å²) in [5.41, 5.74) is 6.35. The highest BCUT2D eigenvalue weighted by Crippen LogP contribution is 2.31. The number of carbonyl (C=O) groups excluding carboxylic acids is 1. The predicted molar refractivity (Wildman–Crippen MR) is 63.7 cm³/mol. The molecule has 0 unspecified atom stereocenters. The van der Waals surface area contributed by atoms with Gasteiger partial charge in [0.05, 0.1) is 29.9 Å². The first kappa shape index (κ1) is 12.3. The number of aromatic nitrogens is 1. The van der Waals surface area contributed by atoms with E-state index in [2.05, 4.69) is 25.7 Å². The minimum atomic E-state index is -0.216. The normalized spacial score (nSPS) is 10.0. The number of hydrogen-bond acceptors (Lipinski definition) is 5. The van der Waals surface area contributed by atoms with Crippen molar-refractivity contribution in [2.24, 2.45) is 0 Å². The van der Waals surface area contributed by atoms with Crippen LogP contribution in [0.15, 0.2) is 21.8 Å². The second-order valence-electron chi connectivity index (χ2n) is 2.71. The van der Waals surface area contributed by atoms with E-state index in [4.69, 9.17) is 5.73 Å². The Morgan fingerprint density at radius 3 is 3.00 bits per heavy atom. The quantitative estimate of drug-likeness (QED) is 0.679. The number of nitrogen functional groups attached to an aromatic ring is 1. The molecule has 82 valence electrons. The van der Waals surface area contributed by atoms with E-state index in [0.717, 1.165) is 9.37 Å². The first-order valence-electron chi connectivity index (χ1n) is 4.23. The van der Waals surface area contributed by atoms with Crippen LogP contribution in [0.2, 0.25) is 0 Å². The third kappa shape index (κ3) is 3.71. The fourth-order valence-corrected chi connectivity index (χ4v) is 2.50. The standard InChI is InChI=1S/C9H11BrN2O2S/c1-14-8(13)2-3-15-9-6(10)4-12-5-7(9)11/h4-5H,2-3,11H2,1H3. The number of halogens is 1. The van der Waals surface area contributed by atoms with Crippen LogP contribution in [0.3, 0.4) is 0 Å². The fourth-order valence-electron chi connectivity index (χ4n) is 0.929. The largest absolute Gasteiger partial charge is 0.469 e. The maximum atomic E-state index is 10.9. The summed E-state index contributed by atoms with van der Waals surface area (Å²) in [4.78, 5) is 15.7. The lowest BCUT2D eigenvalue weighted by Gasteiger charge is -2.06. The van der Waals surface area contributed by atoms with Crippen LogP contribution in [0, 0.1) is 0 Å². The second kappa shape index (κ2) is 5.97. The zero-order valence-electron chi connectivity index (χ0n) is 8.20. The lowest BCUT2D eigenvalue weighted by molar-refractivity contribution is -0.140. The van der Waals surface area contributed by atoms with Crippen LogP contribution >= 0.6 is 27.7 Å². The zero-order valence-corrected chi connectivity index (χ0v) is 10.6. The van der Waals surface area contributed by atoms with Crippen LogP contribution < -0.4 is 5.73 Å². The van der Waals surface area contributed by atoms with Gasteiger partial charge in [0, 0.05) is 16.8 Å². The first-order chi connectivity index (χ1) is 7.15. The molecule has 0 aliphatic heterocycles. The van der Waals surface area contributed by atoms with Crippen molar-refractivity contribution < 1.29 is 9.53 Å². The Morgan fingerprint density at radius 2 is 2.40 bits per heavy atom. The molecule has 0 amide bonds. The summed E-state index contributed by atoms with van der Waals surface area (Å²) in [6.45, 7) is 0. The van der Waals surface area contributed by atoms with Gasteiger partial charge in [0.25, 0.3) is 0 Å². The van der Waals surface area contributed by atoms with Crippen molar-refractivity contribution in [3.05, 3.63) is 16.9 Å². The molecule has 0 aliphatic rings. The Hall–Kier alpha value is -0.750. The molecule has 0 aromatic carbocycles. The van der Waals surface area contributed by atoms with Gasteiger partial charge in [0.1, 0.15) is 0 Å². The maximum Gasteiger partial charge on any atom is 0.306 e. The number of methoxy groups -OCH3 is 1. The minimum Gasteiger partial charge on any atom is -0.469 e. The Labute approximate surface area is 101 Å². The van der Waals surface area contributed by atoms with E-state index >= 15 is 0 Å². The number of thioether (sulfide) groups is 1. The van der Waals surface area contributed by atoms with Gasteiger partial charge in [0.15, 0.2) is 0 Å². The number of ether oxygens (including phenoxy) is 1. The number of anilines is 1. The van der Waals surface area contributed by atoms with Crippen molar-refractivity contribution in [2.75, 3.05) is 18.6 Å². The zero-order chi connectivity index (χ0) is 11.3. The molecule has 0 saturated carbocycles. The molecule has 0 aliphatic carbocycles. The monoisotopic (exact) mass is 290 g/mol. The van der Waals surface area contributed by atoms with Crippen molar-refractivity contribution in [2.45, 2.75) is 11.3 Å². The van der Waals surface area contributed by atoms with E-state index in [1.165, 1.54) is 18.9 Å². The van der Waals surface area contributed by atoms with Crippen LogP contribution in [0.25, 0.3) is 0 Å². The molecule has 1 aromatic heterocycles. The average molecular weight is 291 g/mol. The van der Waals surface area contributed by atoms with Crippen LogP contribution in [0.5, 0.6) is 0 Å². The van der Waals surface area contributed by atoms with Crippen LogP contribution in [-0.2, 0) is 9.53 Å². The van der Waals surface area contributed by atoms with Gasteiger partial charge in [-0.3, -0.25) is 9.78 Å². The summed E-state index contributed by atoms with van der Waals surface area (Å²) in [6, 6.07) is 0. The van der Waals surface area contributed by atoms with E-state index in [0.29, 0.717) is 17.9 Å². The van der Waals surface area contributed by atoms with E-state index < -0.39 is 0 Å². The van der Waals surface area contributed by atoms with E-state index in [1.807, 2.05) is 0 Å². The fraction of sp³-hybridized carbons (Fsp3) is 0.333. The van der Waals surface area contributed by atoms with Gasteiger partial charge in [-0.2, -0.15) is 0 Å². The topological polar surface area (TPSA) is 65.2 Å². The van der Waals surface area contributed by atoms with Crippen molar-refractivity contribution in [1.82, 2.24) is 4.98 Å². The molecule has 1 aromatic rings. The van der Waals surface area contributed by atoms with Crippen molar-refractivity contribution >= 4 is 39.3 Å². The number of esters is 1. The molecular weight excluding hydrogens is 280 g/mol. The number of nitrogens with two attached hydrogens (primary N) is 1. The first-order valence-corrected chi connectivity index (χ1v) is 6.01. The van der Waals surface area contributed by atoms with Gasteiger partial charge >= 0.3 is 5.97 Å². The highest BCUT2D eigenvalue weighted by Gasteiger charge is 2.07. The lowest BCUT2D eigenvalue weighted by atomic mass is 10.4. The molecular formula is C9H11BrN2O2S. The SMILES string of the molecule is COC(=O)CCSc1c(N)cncc1Br. The van der Waals surface area contributed by atoms with E-state index in [9.17, 15) is 4.79 Å². The van der Waals surface area contributed by atoms with Crippen molar-refractivity contribution in [1.29, 1.82) is 0 Å². The van der Waals surface area contributed by atoms with Gasteiger partial charge in [0.2, 0.25) is 0 Å². The highest BCUT2D eigenvalue weighted by atomic mass is 79.9. The summed E-state index contributed by atoms with van der Waals surface area (Å²) in [5, 5.41) is 0. The van der Waals surface area contributed by atoms with Crippen LogP contribution in [0.4, 0.5) is 5.69 Å². The molecule has 0 spiro atoms. The molecule has 0 bridgehead atoms. The Bertz CT molecular complexity index is 340. The van der Waals surface area contributed by atoms with Gasteiger partial charge < -0.3 is 10.5 Å². The lowest BCUT2D eigenvalue weighted by Crippen LogP contribution is -2.01. The van der Waals surface area contributed by atoms with E-state index in [-0.39, 0.29) is 5.97 Å². The van der Waals surface area contributed by atoms with Gasteiger partial charge in [-0.1, -0.05) is 0 Å². The number of carbonyl (C=O) groups is 1. The molecule has 1 heterocycles. The minimum absolute atomic E-state index is 0.216. The summed E-state index contributed by atoms with van der Waals surface area (Å²) < 4.78 is 5.39. The number of pyridine rings is 1. The third-order valence-corrected chi connectivity index (χ3v) is 3.68. The average Bonchev–Trinajstić information content (AvgIpc) is 2.22. The number of rotatable bonds is 4. The molecule has 0 radical (unpaired) electrons. The maximum absolute atomic E-state index is 10.9. The summed E-state index contributed by atoms with van der Waals surface area (Å²) in [5.74, 6) is 0.422. The molecule has 0 fully saturated rings. The van der Waals surface area contributed by atoms with Crippen LogP contribution in [-0.4, -0.2) is 23.8 Å². The van der Waals surface area contributed by atoms with E-state index in [1.54, 1.807) is 12.4 Å². The molecule has 4 nitrogen and oxygen atoms in total. The Kier molecular flexibility index (Phi) is 4.90. The molecule has 2 N–H and O–H groups in total. The number of hydrogen-bond donors (Lipinski definition) is 1. The van der Waals surface area contributed by atoms with Gasteiger partial charge in [-0.15, -0.1) is 11.8 Å². The third-order valence-electron chi connectivity index (χ3n) is 1.66. The Balaban J connectivity index is 2.54. The van der Waals surface area contributed by atoms with Gasteiger partial charge in [-0.05, 0) is 15.9 Å².